The van der Waals surface area contributed by atoms with Gasteiger partial charge in [0.2, 0.25) is 0 Å². The molecule has 0 atom stereocenters. The zero-order chi connectivity index (χ0) is 21.3. The first kappa shape index (κ1) is 19.6. The first-order valence-electron chi connectivity index (χ1n) is 9.72. The minimum Gasteiger partial charge on any atom is -0.462 e. The van der Waals surface area contributed by atoms with Crippen LogP contribution < -0.4 is 5.73 Å². The molecule has 4 rings (SSSR count). The minimum absolute atomic E-state index is 0.258. The summed E-state index contributed by atoms with van der Waals surface area (Å²) in [5.41, 5.74) is 9.12. The molecule has 0 bridgehead atoms. The predicted molar refractivity (Wildman–Crippen MR) is 118 cm³/mol. The molecule has 5 nitrogen and oxygen atoms in total. The van der Waals surface area contributed by atoms with Crippen LogP contribution in [0.25, 0.3) is 32.8 Å². The highest BCUT2D eigenvalue weighted by atomic mass is 19.1. The van der Waals surface area contributed by atoms with Gasteiger partial charge in [0.25, 0.3) is 0 Å². The molecule has 152 valence electrons. The van der Waals surface area contributed by atoms with Crippen molar-refractivity contribution >= 4 is 34.0 Å². The van der Waals surface area contributed by atoms with Gasteiger partial charge in [-0.25, -0.2) is 9.18 Å². The normalized spacial score (nSPS) is 11.6. The molecule has 0 radical (unpaired) electrons. The maximum atomic E-state index is 14.3. The van der Waals surface area contributed by atoms with E-state index in [1.54, 1.807) is 13.0 Å². The summed E-state index contributed by atoms with van der Waals surface area (Å²) in [4.78, 5) is 16.8. The first-order chi connectivity index (χ1) is 14.5. The van der Waals surface area contributed by atoms with E-state index >= 15 is 0 Å². The van der Waals surface area contributed by atoms with Gasteiger partial charge in [0.05, 0.1) is 30.7 Å². The van der Waals surface area contributed by atoms with Gasteiger partial charge in [0.15, 0.2) is 0 Å². The Morgan fingerprint density at radius 3 is 2.73 bits per heavy atom. The largest absolute Gasteiger partial charge is 0.462 e. The maximum Gasteiger partial charge on any atom is 0.340 e. The van der Waals surface area contributed by atoms with Gasteiger partial charge >= 0.3 is 5.97 Å². The van der Waals surface area contributed by atoms with Gasteiger partial charge in [-0.15, -0.1) is 0 Å². The molecular formula is C24H22FN3O2. The van der Waals surface area contributed by atoms with Crippen molar-refractivity contribution in [2.45, 2.75) is 13.5 Å². The smallest absolute Gasteiger partial charge is 0.340 e. The average Bonchev–Trinajstić information content (AvgIpc) is 3.03. The molecular weight excluding hydrogens is 381 g/mol. The zero-order valence-corrected chi connectivity index (χ0v) is 16.9. The van der Waals surface area contributed by atoms with Crippen LogP contribution in [0.15, 0.2) is 59.6 Å². The summed E-state index contributed by atoms with van der Waals surface area (Å²) < 4.78 is 21.5. The minimum atomic E-state index is -0.394. The number of aryl methyl sites for hydroxylation is 1. The zero-order valence-electron chi connectivity index (χ0n) is 16.9. The molecule has 6 heteroatoms. The van der Waals surface area contributed by atoms with E-state index in [9.17, 15) is 9.18 Å². The lowest BCUT2D eigenvalue weighted by molar-refractivity contribution is 0.0527. The Hall–Kier alpha value is -3.67. The molecule has 0 amide bonds. The topological polar surface area (TPSA) is 69.6 Å². The molecule has 0 aliphatic carbocycles. The Bertz CT molecular complexity index is 1290. The standard InChI is InChI=1S/C24H22FN3O2/c1-3-30-24(29)23-19-9-8-16(11-21(19)28(2)22(23)13-27-14-26)20-12-17(25)10-15-6-4-5-7-18(15)20/h4-12,14H,3,13H2,1-2H3,(H2,26,27). The number of nitrogens with two attached hydrogens (primary N) is 1. The number of hydrogen-bond donors (Lipinski definition) is 1. The molecule has 0 aliphatic heterocycles. The average molecular weight is 403 g/mol. The second kappa shape index (κ2) is 7.99. The Kier molecular flexibility index (Phi) is 5.23. The van der Waals surface area contributed by atoms with Gasteiger partial charge in [-0.1, -0.05) is 36.4 Å². The highest BCUT2D eigenvalue weighted by molar-refractivity contribution is 6.07. The number of fused-ring (bicyclic) bond motifs is 2. The van der Waals surface area contributed by atoms with E-state index in [-0.39, 0.29) is 19.0 Å². The summed E-state index contributed by atoms with van der Waals surface area (Å²) in [5.74, 6) is -0.685. The number of nitrogens with zero attached hydrogens (tertiary/aromatic N) is 2. The van der Waals surface area contributed by atoms with Gasteiger partial charge in [-0.2, -0.15) is 0 Å². The number of rotatable bonds is 5. The molecule has 0 unspecified atom stereocenters. The number of aromatic nitrogens is 1. The lowest BCUT2D eigenvalue weighted by Crippen LogP contribution is -2.09. The van der Waals surface area contributed by atoms with Crippen LogP contribution in [0.3, 0.4) is 0 Å². The van der Waals surface area contributed by atoms with E-state index in [0.29, 0.717) is 11.3 Å². The van der Waals surface area contributed by atoms with Gasteiger partial charge < -0.3 is 15.0 Å². The fourth-order valence-electron chi connectivity index (χ4n) is 3.92. The lowest BCUT2D eigenvalue weighted by Gasteiger charge is -2.09. The van der Waals surface area contributed by atoms with Crippen LogP contribution >= 0.6 is 0 Å². The molecule has 30 heavy (non-hydrogen) atoms. The molecule has 0 fully saturated rings. The van der Waals surface area contributed by atoms with E-state index < -0.39 is 5.97 Å². The van der Waals surface area contributed by atoms with Crippen LogP contribution in [0.2, 0.25) is 0 Å². The summed E-state index contributed by atoms with van der Waals surface area (Å²) in [6.07, 6.45) is 1.22. The van der Waals surface area contributed by atoms with Crippen LogP contribution in [0.4, 0.5) is 4.39 Å². The van der Waals surface area contributed by atoms with E-state index in [4.69, 9.17) is 10.5 Å². The van der Waals surface area contributed by atoms with Crippen LogP contribution in [-0.2, 0) is 18.3 Å². The number of aliphatic imine (C=N–C) groups is 1. The van der Waals surface area contributed by atoms with Gasteiger partial charge in [-0.3, -0.25) is 4.99 Å². The van der Waals surface area contributed by atoms with Crippen molar-refractivity contribution in [1.82, 2.24) is 4.57 Å². The number of hydrogen-bond acceptors (Lipinski definition) is 3. The maximum absolute atomic E-state index is 14.3. The van der Waals surface area contributed by atoms with Crippen molar-refractivity contribution in [1.29, 1.82) is 0 Å². The number of carbonyl (C=O) groups excluding carboxylic acids is 1. The van der Waals surface area contributed by atoms with Crippen molar-refractivity contribution in [2.75, 3.05) is 6.61 Å². The molecule has 0 spiro atoms. The SMILES string of the molecule is CCOC(=O)c1c(CN=CN)n(C)c2cc(-c3cc(F)cc4ccccc34)ccc12. The Morgan fingerprint density at radius 2 is 1.97 bits per heavy atom. The third-order valence-electron chi connectivity index (χ3n) is 5.29. The molecule has 1 aromatic heterocycles. The highest BCUT2D eigenvalue weighted by Gasteiger charge is 2.22. The van der Waals surface area contributed by atoms with Gasteiger partial charge in [0.1, 0.15) is 5.82 Å². The molecule has 0 saturated heterocycles. The van der Waals surface area contributed by atoms with Crippen LogP contribution in [0.5, 0.6) is 0 Å². The molecule has 4 aromatic rings. The fourth-order valence-corrected chi connectivity index (χ4v) is 3.92. The lowest BCUT2D eigenvalue weighted by atomic mass is 9.97. The highest BCUT2D eigenvalue weighted by Crippen LogP contribution is 2.34. The van der Waals surface area contributed by atoms with Crippen LogP contribution in [0.1, 0.15) is 23.0 Å². The van der Waals surface area contributed by atoms with Crippen LogP contribution in [-0.4, -0.2) is 23.5 Å². The Morgan fingerprint density at radius 1 is 1.17 bits per heavy atom. The summed E-state index contributed by atoms with van der Waals surface area (Å²) in [7, 11) is 1.87. The molecule has 0 saturated carbocycles. The number of halogens is 1. The second-order valence-electron chi connectivity index (χ2n) is 7.00. The van der Waals surface area contributed by atoms with Crippen molar-refractivity contribution in [3.05, 3.63) is 71.7 Å². The number of benzene rings is 3. The monoisotopic (exact) mass is 403 g/mol. The van der Waals surface area contributed by atoms with E-state index in [0.717, 1.165) is 32.8 Å². The summed E-state index contributed by atoms with van der Waals surface area (Å²) >= 11 is 0. The van der Waals surface area contributed by atoms with E-state index in [1.807, 2.05) is 54.1 Å². The fraction of sp³-hybridized carbons (Fsp3) is 0.167. The Labute approximate surface area is 173 Å². The summed E-state index contributed by atoms with van der Waals surface area (Å²) in [6, 6.07) is 16.5. The number of ether oxygens (including phenoxy) is 1. The number of esters is 1. The van der Waals surface area contributed by atoms with Crippen LogP contribution in [0, 0.1) is 5.82 Å². The van der Waals surface area contributed by atoms with E-state index in [2.05, 4.69) is 4.99 Å². The number of carbonyl (C=O) groups is 1. The van der Waals surface area contributed by atoms with Gasteiger partial charge in [-0.05, 0) is 47.0 Å². The van der Waals surface area contributed by atoms with E-state index in [1.165, 1.54) is 12.4 Å². The van der Waals surface area contributed by atoms with Crippen molar-refractivity contribution in [3.63, 3.8) is 0 Å². The molecule has 2 N–H and O–H groups in total. The van der Waals surface area contributed by atoms with Crippen molar-refractivity contribution < 1.29 is 13.9 Å². The first-order valence-corrected chi connectivity index (χ1v) is 9.72. The van der Waals surface area contributed by atoms with Gasteiger partial charge in [0, 0.05) is 18.0 Å². The Balaban J connectivity index is 1.96. The van der Waals surface area contributed by atoms with Crippen molar-refractivity contribution in [3.8, 4) is 11.1 Å². The quantitative estimate of drug-likeness (QED) is 0.296. The third-order valence-corrected chi connectivity index (χ3v) is 5.29. The van der Waals surface area contributed by atoms with Crippen molar-refractivity contribution in [2.24, 2.45) is 17.8 Å². The molecule has 0 aliphatic rings. The third kappa shape index (κ3) is 3.30. The predicted octanol–water partition coefficient (Wildman–Crippen LogP) is 4.80. The molecule has 3 aromatic carbocycles. The molecule has 1 heterocycles. The summed E-state index contributed by atoms with van der Waals surface area (Å²) in [6.45, 7) is 2.31. The second-order valence-corrected chi connectivity index (χ2v) is 7.00. The summed E-state index contributed by atoms with van der Waals surface area (Å²) in [5, 5.41) is 2.57.